The number of hydrogen-bond acceptors (Lipinski definition) is 1. The molecule has 1 aromatic rings. The van der Waals surface area contributed by atoms with Crippen LogP contribution in [0, 0.1) is 17.7 Å². The van der Waals surface area contributed by atoms with Crippen LogP contribution in [0.1, 0.15) is 38.7 Å². The average molecular weight is 289 g/mol. The highest BCUT2D eigenvalue weighted by atomic mass is 19.4. The van der Waals surface area contributed by atoms with Gasteiger partial charge in [-0.1, -0.05) is 13.8 Å². The van der Waals surface area contributed by atoms with Crippen LogP contribution in [0.25, 0.3) is 0 Å². The van der Waals surface area contributed by atoms with Gasteiger partial charge in [0.1, 0.15) is 5.82 Å². The van der Waals surface area contributed by atoms with Crippen LogP contribution < -0.4 is 5.32 Å². The first-order chi connectivity index (χ1) is 9.25. The van der Waals surface area contributed by atoms with Crippen molar-refractivity contribution >= 4 is 5.69 Å². The fourth-order valence-electron chi connectivity index (χ4n) is 3.10. The molecule has 112 valence electrons. The molecule has 1 aliphatic rings. The third-order valence-corrected chi connectivity index (χ3v) is 3.83. The SMILES string of the molecule is CC1CC(C)CC(Nc2cc(C(F)(F)F)ccc2F)C1. The van der Waals surface area contributed by atoms with Gasteiger partial charge in [0.25, 0.3) is 0 Å². The van der Waals surface area contributed by atoms with Crippen molar-refractivity contribution in [2.24, 2.45) is 11.8 Å². The predicted molar refractivity (Wildman–Crippen MR) is 71.0 cm³/mol. The summed E-state index contributed by atoms with van der Waals surface area (Å²) >= 11 is 0. The van der Waals surface area contributed by atoms with E-state index < -0.39 is 17.6 Å². The highest BCUT2D eigenvalue weighted by molar-refractivity contribution is 5.48. The van der Waals surface area contributed by atoms with Gasteiger partial charge in [-0.15, -0.1) is 0 Å². The van der Waals surface area contributed by atoms with Gasteiger partial charge in [-0.2, -0.15) is 13.2 Å². The fourth-order valence-corrected chi connectivity index (χ4v) is 3.10. The summed E-state index contributed by atoms with van der Waals surface area (Å²) in [5, 5.41) is 2.95. The van der Waals surface area contributed by atoms with Crippen LogP contribution in [-0.4, -0.2) is 6.04 Å². The highest BCUT2D eigenvalue weighted by Crippen LogP contribution is 2.34. The Morgan fingerprint density at radius 1 is 1.05 bits per heavy atom. The number of nitrogens with one attached hydrogen (secondary N) is 1. The lowest BCUT2D eigenvalue weighted by atomic mass is 9.80. The normalized spacial score (nSPS) is 27.4. The van der Waals surface area contributed by atoms with Gasteiger partial charge in [0.05, 0.1) is 11.3 Å². The zero-order chi connectivity index (χ0) is 14.9. The lowest BCUT2D eigenvalue weighted by molar-refractivity contribution is -0.137. The summed E-state index contributed by atoms with van der Waals surface area (Å²) in [6, 6.07) is 2.54. The standard InChI is InChI=1S/C15H19F4N/c1-9-5-10(2)7-12(6-9)20-14-8-11(15(17,18)19)3-4-13(14)16/h3-4,8-10,12,20H,5-7H2,1-2H3. The minimum atomic E-state index is -4.45. The van der Waals surface area contributed by atoms with Gasteiger partial charge < -0.3 is 5.32 Å². The zero-order valence-corrected chi connectivity index (χ0v) is 11.6. The second kappa shape index (κ2) is 5.62. The fraction of sp³-hybridized carbons (Fsp3) is 0.600. The first kappa shape index (κ1) is 15.1. The summed E-state index contributed by atoms with van der Waals surface area (Å²) in [5.74, 6) is 0.374. The van der Waals surface area contributed by atoms with E-state index in [1.54, 1.807) is 0 Å². The number of rotatable bonds is 2. The molecule has 0 amide bonds. The third-order valence-electron chi connectivity index (χ3n) is 3.83. The third kappa shape index (κ3) is 3.64. The van der Waals surface area contributed by atoms with E-state index in [-0.39, 0.29) is 11.7 Å². The topological polar surface area (TPSA) is 12.0 Å². The van der Waals surface area contributed by atoms with Crippen molar-refractivity contribution in [1.82, 2.24) is 0 Å². The molecule has 0 bridgehead atoms. The molecule has 2 unspecified atom stereocenters. The van der Waals surface area contributed by atoms with Crippen LogP contribution in [-0.2, 0) is 6.18 Å². The van der Waals surface area contributed by atoms with Gasteiger partial charge in [-0.3, -0.25) is 0 Å². The smallest absolute Gasteiger partial charge is 0.380 e. The monoisotopic (exact) mass is 289 g/mol. The summed E-state index contributed by atoms with van der Waals surface area (Å²) in [7, 11) is 0. The summed E-state index contributed by atoms with van der Waals surface area (Å²) in [6.07, 6.45) is -1.61. The summed E-state index contributed by atoms with van der Waals surface area (Å²) in [6.45, 7) is 4.24. The second-order valence-electron chi connectivity index (χ2n) is 5.95. The Morgan fingerprint density at radius 2 is 1.65 bits per heavy atom. The maximum Gasteiger partial charge on any atom is 0.416 e. The molecular formula is C15H19F4N. The second-order valence-corrected chi connectivity index (χ2v) is 5.95. The Bertz CT molecular complexity index is 459. The van der Waals surface area contributed by atoms with E-state index in [0.29, 0.717) is 11.8 Å². The molecule has 2 rings (SSSR count). The molecule has 1 aromatic carbocycles. The molecule has 2 atom stereocenters. The van der Waals surface area contributed by atoms with Crippen molar-refractivity contribution in [1.29, 1.82) is 0 Å². The van der Waals surface area contributed by atoms with Gasteiger partial charge in [-0.25, -0.2) is 4.39 Å². The van der Waals surface area contributed by atoms with E-state index in [0.717, 1.165) is 37.5 Å². The minimum absolute atomic E-state index is 0.0340. The first-order valence-electron chi connectivity index (χ1n) is 6.89. The summed E-state index contributed by atoms with van der Waals surface area (Å²) in [4.78, 5) is 0. The Labute approximate surface area is 116 Å². The molecule has 0 radical (unpaired) electrons. The minimum Gasteiger partial charge on any atom is -0.380 e. The van der Waals surface area contributed by atoms with E-state index >= 15 is 0 Å². The summed E-state index contributed by atoms with van der Waals surface area (Å²) < 4.78 is 51.6. The maximum absolute atomic E-state index is 13.7. The predicted octanol–water partition coefficient (Wildman–Crippen LogP) is 5.08. The number of hydrogen-bond donors (Lipinski definition) is 1. The molecule has 0 saturated heterocycles. The number of alkyl halides is 3. The molecule has 0 aliphatic heterocycles. The van der Waals surface area contributed by atoms with Crippen LogP contribution in [0.3, 0.4) is 0 Å². The first-order valence-corrected chi connectivity index (χ1v) is 6.89. The largest absolute Gasteiger partial charge is 0.416 e. The lowest BCUT2D eigenvalue weighted by Gasteiger charge is -2.32. The van der Waals surface area contributed by atoms with E-state index in [4.69, 9.17) is 0 Å². The molecule has 0 aromatic heterocycles. The molecule has 1 nitrogen and oxygen atoms in total. The Kier molecular flexibility index (Phi) is 4.25. The quantitative estimate of drug-likeness (QED) is 0.748. The van der Waals surface area contributed by atoms with Crippen LogP contribution in [0.5, 0.6) is 0 Å². The van der Waals surface area contributed by atoms with Gasteiger partial charge in [0.2, 0.25) is 0 Å². The Morgan fingerprint density at radius 3 is 2.20 bits per heavy atom. The Hall–Kier alpha value is -1.26. The Balaban J connectivity index is 2.16. The van der Waals surface area contributed by atoms with Crippen LogP contribution in [0.4, 0.5) is 23.2 Å². The number of halogens is 4. The summed E-state index contributed by atoms with van der Waals surface area (Å²) in [5.41, 5.74) is -0.871. The van der Waals surface area contributed by atoms with E-state index in [1.165, 1.54) is 0 Å². The van der Waals surface area contributed by atoms with Gasteiger partial charge in [0, 0.05) is 6.04 Å². The maximum atomic E-state index is 13.7. The average Bonchev–Trinajstić information content (AvgIpc) is 2.29. The van der Waals surface area contributed by atoms with Crippen molar-refractivity contribution in [2.45, 2.75) is 45.3 Å². The molecule has 1 N–H and O–H groups in total. The van der Waals surface area contributed by atoms with E-state index in [2.05, 4.69) is 19.2 Å². The van der Waals surface area contributed by atoms with E-state index in [1.807, 2.05) is 0 Å². The molecular weight excluding hydrogens is 270 g/mol. The highest BCUT2D eigenvalue weighted by Gasteiger charge is 2.31. The van der Waals surface area contributed by atoms with Crippen molar-refractivity contribution in [3.8, 4) is 0 Å². The van der Waals surface area contributed by atoms with Crippen LogP contribution in [0.15, 0.2) is 18.2 Å². The molecule has 0 heterocycles. The lowest BCUT2D eigenvalue weighted by Crippen LogP contribution is -2.30. The molecule has 20 heavy (non-hydrogen) atoms. The molecule has 1 fully saturated rings. The molecule has 0 spiro atoms. The van der Waals surface area contributed by atoms with Gasteiger partial charge in [0.15, 0.2) is 0 Å². The van der Waals surface area contributed by atoms with E-state index in [9.17, 15) is 17.6 Å². The van der Waals surface area contributed by atoms with Crippen molar-refractivity contribution < 1.29 is 17.6 Å². The number of anilines is 1. The van der Waals surface area contributed by atoms with Gasteiger partial charge in [-0.05, 0) is 49.3 Å². The van der Waals surface area contributed by atoms with Crippen LogP contribution >= 0.6 is 0 Å². The number of benzene rings is 1. The van der Waals surface area contributed by atoms with Crippen molar-refractivity contribution in [3.05, 3.63) is 29.6 Å². The van der Waals surface area contributed by atoms with Crippen molar-refractivity contribution in [2.75, 3.05) is 5.32 Å². The van der Waals surface area contributed by atoms with Crippen molar-refractivity contribution in [3.63, 3.8) is 0 Å². The van der Waals surface area contributed by atoms with Gasteiger partial charge >= 0.3 is 6.18 Å². The molecule has 1 saturated carbocycles. The molecule has 5 heteroatoms. The molecule has 1 aliphatic carbocycles. The van der Waals surface area contributed by atoms with Crippen LogP contribution in [0.2, 0.25) is 0 Å². The zero-order valence-electron chi connectivity index (χ0n) is 11.6.